The van der Waals surface area contributed by atoms with Gasteiger partial charge >= 0.3 is 0 Å². The number of nitrogens with zero attached hydrogens (tertiary/aromatic N) is 4. The summed E-state index contributed by atoms with van der Waals surface area (Å²) in [7, 11) is 0. The Morgan fingerprint density at radius 2 is 1.54 bits per heavy atom. The second kappa shape index (κ2) is 14.8. The number of ether oxygens (including phenoxy) is 1. The number of fused-ring (bicyclic) bond motifs is 3. The minimum atomic E-state index is 0.330. The first-order chi connectivity index (χ1) is 25.1. The molecule has 0 aliphatic heterocycles. The van der Waals surface area contributed by atoms with E-state index in [1.807, 2.05) is 6.20 Å². The van der Waals surface area contributed by atoms with Crippen LogP contribution in [-0.2, 0) is 12.8 Å². The number of aryl methyl sites for hydroxylation is 1. The third-order valence-corrected chi connectivity index (χ3v) is 11.1. The zero-order valence-corrected chi connectivity index (χ0v) is 32.7. The third kappa shape index (κ3) is 6.71. The van der Waals surface area contributed by atoms with Crippen LogP contribution in [0.5, 0.6) is 11.5 Å². The lowest BCUT2D eigenvalue weighted by Crippen LogP contribution is -2.21. The Morgan fingerprint density at radius 3 is 2.27 bits per heavy atom. The monoisotopic (exact) mass is 692 g/mol. The lowest BCUT2D eigenvalue weighted by Gasteiger charge is -2.33. The molecule has 3 aromatic carbocycles. The van der Waals surface area contributed by atoms with Gasteiger partial charge in [0, 0.05) is 46.3 Å². The number of aromatic nitrogens is 4. The predicted molar refractivity (Wildman–Crippen MR) is 218 cm³/mol. The SMILES string of the molecule is CCCc1nn(-c2cc(Oc3ccc4c5ccccc5n(-c5cc(C(C)C)ccn5)c4c3)cc(C(C)C)c2)c(CCC)c1[C@H]1C(C)=C[C@H](C)CC1C. The maximum atomic E-state index is 6.85. The highest BCUT2D eigenvalue weighted by Gasteiger charge is 2.33. The van der Waals surface area contributed by atoms with E-state index in [4.69, 9.17) is 14.8 Å². The second-order valence-electron chi connectivity index (χ2n) is 15.9. The zero-order valence-electron chi connectivity index (χ0n) is 32.7. The Bertz CT molecular complexity index is 2250. The molecule has 1 aliphatic carbocycles. The minimum Gasteiger partial charge on any atom is -0.457 e. The van der Waals surface area contributed by atoms with Crippen molar-refractivity contribution < 1.29 is 4.74 Å². The number of allylic oxidation sites excluding steroid dienone is 2. The van der Waals surface area contributed by atoms with E-state index in [0.717, 1.165) is 59.7 Å². The van der Waals surface area contributed by atoms with Gasteiger partial charge in [-0.3, -0.25) is 4.57 Å². The molecule has 5 nitrogen and oxygen atoms in total. The summed E-state index contributed by atoms with van der Waals surface area (Å²) in [5.74, 6) is 4.90. The standard InChI is InChI=1S/C47H56N4O/c1-10-14-41-47(46-32(8)22-31(7)23-33(46)9)43(15-11-2)51(49-41)36-24-35(30(5)6)25-38(27-36)52-37-18-19-40-39-16-12-13-17-42(39)50(44(40)28-37)45-26-34(29(3)4)20-21-48-45/h12-13,16-22,24-31,33,46H,10-11,14-15,23H2,1-9H3/t31-,33?,46-/m0/s1. The van der Waals surface area contributed by atoms with Gasteiger partial charge in [-0.15, -0.1) is 0 Å². The van der Waals surface area contributed by atoms with Gasteiger partial charge in [-0.2, -0.15) is 5.10 Å². The van der Waals surface area contributed by atoms with E-state index in [0.29, 0.717) is 29.6 Å². The summed E-state index contributed by atoms with van der Waals surface area (Å²) in [6.45, 7) is 20.7. The number of benzene rings is 3. The maximum absolute atomic E-state index is 6.85. The first-order valence-electron chi connectivity index (χ1n) is 19.7. The average Bonchev–Trinajstić information content (AvgIpc) is 3.63. The molecule has 0 N–H and O–H groups in total. The normalized spacial score (nSPS) is 17.8. The third-order valence-electron chi connectivity index (χ3n) is 11.1. The highest BCUT2D eigenvalue weighted by molar-refractivity contribution is 6.09. The van der Waals surface area contributed by atoms with Gasteiger partial charge in [0.2, 0.25) is 0 Å². The smallest absolute Gasteiger partial charge is 0.137 e. The van der Waals surface area contributed by atoms with Crippen LogP contribution in [-0.4, -0.2) is 19.3 Å². The van der Waals surface area contributed by atoms with Gasteiger partial charge in [0.05, 0.1) is 22.4 Å². The molecule has 270 valence electrons. The van der Waals surface area contributed by atoms with Crippen LogP contribution in [0.3, 0.4) is 0 Å². The lowest BCUT2D eigenvalue weighted by atomic mass is 9.72. The van der Waals surface area contributed by atoms with Crippen LogP contribution in [0.2, 0.25) is 0 Å². The summed E-state index contributed by atoms with van der Waals surface area (Å²) in [4.78, 5) is 4.86. The molecule has 3 aromatic heterocycles. The quantitative estimate of drug-likeness (QED) is 0.127. The molecule has 0 bridgehead atoms. The predicted octanol–water partition coefficient (Wildman–Crippen LogP) is 13.0. The summed E-state index contributed by atoms with van der Waals surface area (Å²) >= 11 is 0. The van der Waals surface area contributed by atoms with Gasteiger partial charge in [-0.25, -0.2) is 9.67 Å². The fourth-order valence-electron chi connectivity index (χ4n) is 8.72. The Balaban J connectivity index is 1.35. The first-order valence-corrected chi connectivity index (χ1v) is 19.7. The summed E-state index contributed by atoms with van der Waals surface area (Å²) in [5, 5.41) is 7.84. The molecule has 0 saturated heterocycles. The Hall–Kier alpha value is -4.64. The molecule has 6 aromatic rings. The van der Waals surface area contributed by atoms with Crippen LogP contribution in [0.15, 0.2) is 90.6 Å². The molecule has 1 aliphatic rings. The van der Waals surface area contributed by atoms with Crippen LogP contribution in [0, 0.1) is 11.8 Å². The lowest BCUT2D eigenvalue weighted by molar-refractivity contribution is 0.389. The minimum absolute atomic E-state index is 0.330. The highest BCUT2D eigenvalue weighted by Crippen LogP contribution is 2.44. The van der Waals surface area contributed by atoms with Crippen molar-refractivity contribution in [3.8, 4) is 23.0 Å². The van der Waals surface area contributed by atoms with Crippen molar-refractivity contribution in [2.75, 3.05) is 0 Å². The highest BCUT2D eigenvalue weighted by atomic mass is 16.5. The van der Waals surface area contributed by atoms with Gasteiger partial charge in [0.15, 0.2) is 0 Å². The molecule has 0 radical (unpaired) electrons. The molecule has 0 spiro atoms. The van der Waals surface area contributed by atoms with Crippen LogP contribution < -0.4 is 4.74 Å². The fourth-order valence-corrected chi connectivity index (χ4v) is 8.72. The molecule has 52 heavy (non-hydrogen) atoms. The molecular weight excluding hydrogens is 637 g/mol. The van der Waals surface area contributed by atoms with Crippen molar-refractivity contribution in [3.63, 3.8) is 0 Å². The van der Waals surface area contributed by atoms with Crippen LogP contribution in [0.25, 0.3) is 33.3 Å². The van der Waals surface area contributed by atoms with Crippen LogP contribution in [0.4, 0.5) is 0 Å². The van der Waals surface area contributed by atoms with Crippen molar-refractivity contribution in [3.05, 3.63) is 119 Å². The summed E-state index contributed by atoms with van der Waals surface area (Å²) in [5.41, 5.74) is 11.4. The number of hydrogen-bond donors (Lipinski definition) is 0. The molecule has 1 unspecified atom stereocenters. The van der Waals surface area contributed by atoms with E-state index in [9.17, 15) is 0 Å². The first kappa shape index (κ1) is 35.7. The van der Waals surface area contributed by atoms with Gasteiger partial charge in [-0.05, 0) is 103 Å². The number of rotatable bonds is 11. The van der Waals surface area contributed by atoms with Gasteiger partial charge < -0.3 is 4.74 Å². The second-order valence-corrected chi connectivity index (χ2v) is 15.9. The van der Waals surface area contributed by atoms with Crippen molar-refractivity contribution in [2.45, 2.75) is 112 Å². The van der Waals surface area contributed by atoms with Gasteiger partial charge in [-0.1, -0.05) is 98.1 Å². The van der Waals surface area contributed by atoms with E-state index in [-0.39, 0.29) is 0 Å². The Morgan fingerprint density at radius 1 is 0.788 bits per heavy atom. The zero-order chi connectivity index (χ0) is 36.7. The molecule has 0 saturated carbocycles. The summed E-state index contributed by atoms with van der Waals surface area (Å²) < 4.78 is 11.4. The van der Waals surface area contributed by atoms with E-state index < -0.39 is 0 Å². The van der Waals surface area contributed by atoms with E-state index in [2.05, 4.69) is 150 Å². The van der Waals surface area contributed by atoms with Crippen molar-refractivity contribution in [2.24, 2.45) is 11.8 Å². The largest absolute Gasteiger partial charge is 0.457 e. The van der Waals surface area contributed by atoms with E-state index in [1.54, 1.807) is 0 Å². The topological polar surface area (TPSA) is 44.9 Å². The molecule has 3 atom stereocenters. The number of para-hydroxylation sites is 1. The van der Waals surface area contributed by atoms with Crippen molar-refractivity contribution in [1.82, 2.24) is 19.3 Å². The molecule has 7 rings (SSSR count). The molecule has 3 heterocycles. The average molecular weight is 693 g/mol. The van der Waals surface area contributed by atoms with Gasteiger partial charge in [0.25, 0.3) is 0 Å². The summed E-state index contributed by atoms with van der Waals surface area (Å²) in [6, 6.07) is 26.1. The Labute approximate surface area is 310 Å². The van der Waals surface area contributed by atoms with Crippen molar-refractivity contribution in [1.29, 1.82) is 0 Å². The molecular formula is C47H56N4O. The van der Waals surface area contributed by atoms with E-state index >= 15 is 0 Å². The molecule has 5 heteroatoms. The summed E-state index contributed by atoms with van der Waals surface area (Å²) in [6.07, 6.45) is 9.78. The molecule has 0 amide bonds. The van der Waals surface area contributed by atoms with Crippen LogP contribution in [0.1, 0.15) is 127 Å². The number of hydrogen-bond acceptors (Lipinski definition) is 3. The fraction of sp³-hybridized carbons (Fsp3) is 0.404. The van der Waals surface area contributed by atoms with Crippen LogP contribution >= 0.6 is 0 Å². The maximum Gasteiger partial charge on any atom is 0.137 e. The van der Waals surface area contributed by atoms with Gasteiger partial charge in [0.1, 0.15) is 17.3 Å². The van der Waals surface area contributed by atoms with Crippen molar-refractivity contribution >= 4 is 21.8 Å². The number of pyridine rings is 1. The molecule has 0 fully saturated rings. The Kier molecular flexibility index (Phi) is 10.2. The van der Waals surface area contributed by atoms with E-state index in [1.165, 1.54) is 50.8 Å².